The molecule has 0 aromatic heterocycles. The van der Waals surface area contributed by atoms with E-state index >= 15 is 0 Å². The highest BCUT2D eigenvalue weighted by Gasteiger charge is 2.30. The Kier molecular flexibility index (Phi) is 4.83. The summed E-state index contributed by atoms with van der Waals surface area (Å²) in [4.78, 5) is 5.15. The van der Waals surface area contributed by atoms with Crippen LogP contribution in [-0.2, 0) is 0 Å². The molecule has 2 heterocycles. The minimum atomic E-state index is -0.185. The maximum Gasteiger partial charge on any atom is 0.0684 e. The number of nitriles is 1. The summed E-state index contributed by atoms with van der Waals surface area (Å²) in [6, 6.07) is 3.54. The zero-order chi connectivity index (χ0) is 13.9. The van der Waals surface area contributed by atoms with E-state index in [1.54, 1.807) is 0 Å². The number of hydrogen-bond acceptors (Lipinski definition) is 4. The first-order valence-corrected chi connectivity index (χ1v) is 7.63. The predicted octanol–water partition coefficient (Wildman–Crippen LogP) is 1.42. The first-order valence-electron chi connectivity index (χ1n) is 7.63. The van der Waals surface area contributed by atoms with E-state index in [1.807, 2.05) is 13.8 Å². The van der Waals surface area contributed by atoms with E-state index in [2.05, 4.69) is 15.9 Å². The zero-order valence-electron chi connectivity index (χ0n) is 12.4. The zero-order valence-corrected chi connectivity index (χ0v) is 12.4. The van der Waals surface area contributed by atoms with Gasteiger partial charge in [-0.05, 0) is 65.7 Å². The lowest BCUT2D eigenvalue weighted by atomic mass is 9.91. The third-order valence-electron chi connectivity index (χ3n) is 4.69. The Balaban J connectivity index is 1.73. The van der Waals surface area contributed by atoms with Gasteiger partial charge >= 0.3 is 0 Å². The molecule has 2 saturated heterocycles. The lowest BCUT2D eigenvalue weighted by molar-refractivity contribution is 0.151. The Labute approximate surface area is 117 Å². The standard InChI is InChI=1S/C15H28N4/c1-15(2,12-16)6-10-18-7-5-14(11-18)19-8-3-13(17)4-9-19/h13-14H,3-11,17H2,1-2H3. The molecule has 2 N–H and O–H groups in total. The summed E-state index contributed by atoms with van der Waals surface area (Å²) in [5.74, 6) is 0. The van der Waals surface area contributed by atoms with Crippen molar-refractivity contribution >= 4 is 0 Å². The molecule has 2 aliphatic heterocycles. The van der Waals surface area contributed by atoms with E-state index in [-0.39, 0.29) is 5.41 Å². The van der Waals surface area contributed by atoms with Crippen molar-refractivity contribution in [2.75, 3.05) is 32.7 Å². The fourth-order valence-corrected chi connectivity index (χ4v) is 3.09. The first-order chi connectivity index (χ1) is 9.00. The van der Waals surface area contributed by atoms with Crippen molar-refractivity contribution in [3.63, 3.8) is 0 Å². The summed E-state index contributed by atoms with van der Waals surface area (Å²) in [7, 11) is 0. The average molecular weight is 264 g/mol. The lowest BCUT2D eigenvalue weighted by Gasteiger charge is -2.34. The lowest BCUT2D eigenvalue weighted by Crippen LogP contribution is -2.46. The highest BCUT2D eigenvalue weighted by molar-refractivity contribution is 4.93. The predicted molar refractivity (Wildman–Crippen MR) is 77.6 cm³/mol. The number of nitrogens with zero attached hydrogens (tertiary/aromatic N) is 3. The van der Waals surface area contributed by atoms with E-state index in [0.717, 1.165) is 31.8 Å². The molecule has 2 aliphatic rings. The van der Waals surface area contributed by atoms with Crippen LogP contribution in [0.1, 0.15) is 39.5 Å². The molecule has 4 nitrogen and oxygen atoms in total. The fourth-order valence-electron chi connectivity index (χ4n) is 3.09. The van der Waals surface area contributed by atoms with Crippen molar-refractivity contribution in [3.05, 3.63) is 0 Å². The Morgan fingerprint density at radius 1 is 1.21 bits per heavy atom. The van der Waals surface area contributed by atoms with Crippen LogP contribution >= 0.6 is 0 Å². The van der Waals surface area contributed by atoms with Crippen LogP contribution in [0.15, 0.2) is 0 Å². The van der Waals surface area contributed by atoms with E-state index < -0.39 is 0 Å². The molecule has 0 bridgehead atoms. The van der Waals surface area contributed by atoms with E-state index in [1.165, 1.54) is 32.6 Å². The Hall–Kier alpha value is -0.630. The quantitative estimate of drug-likeness (QED) is 0.834. The smallest absolute Gasteiger partial charge is 0.0684 e. The fraction of sp³-hybridized carbons (Fsp3) is 0.933. The van der Waals surface area contributed by atoms with Crippen LogP contribution in [0.3, 0.4) is 0 Å². The van der Waals surface area contributed by atoms with Gasteiger partial charge in [0.15, 0.2) is 0 Å². The maximum absolute atomic E-state index is 9.06. The van der Waals surface area contributed by atoms with Gasteiger partial charge < -0.3 is 10.6 Å². The monoisotopic (exact) mass is 264 g/mol. The molecule has 1 unspecified atom stereocenters. The van der Waals surface area contributed by atoms with Gasteiger partial charge in [0.2, 0.25) is 0 Å². The highest BCUT2D eigenvalue weighted by Crippen LogP contribution is 2.23. The van der Waals surface area contributed by atoms with Gasteiger partial charge in [-0.3, -0.25) is 4.90 Å². The van der Waals surface area contributed by atoms with Crippen LogP contribution < -0.4 is 5.73 Å². The van der Waals surface area contributed by atoms with E-state index in [9.17, 15) is 0 Å². The number of rotatable bonds is 4. The molecule has 108 valence electrons. The molecule has 19 heavy (non-hydrogen) atoms. The third-order valence-corrected chi connectivity index (χ3v) is 4.69. The van der Waals surface area contributed by atoms with Crippen LogP contribution in [0.5, 0.6) is 0 Å². The van der Waals surface area contributed by atoms with Gasteiger partial charge in [0.05, 0.1) is 11.5 Å². The molecule has 0 radical (unpaired) electrons. The third kappa shape index (κ3) is 4.17. The van der Waals surface area contributed by atoms with Gasteiger partial charge in [-0.2, -0.15) is 5.26 Å². The molecule has 0 aliphatic carbocycles. The normalized spacial score (nSPS) is 27.6. The van der Waals surface area contributed by atoms with Gasteiger partial charge in [-0.1, -0.05) is 0 Å². The molecule has 0 aromatic carbocycles. The molecule has 0 saturated carbocycles. The van der Waals surface area contributed by atoms with Gasteiger partial charge in [0.1, 0.15) is 0 Å². The average Bonchev–Trinajstić information content (AvgIpc) is 2.86. The Morgan fingerprint density at radius 3 is 2.53 bits per heavy atom. The van der Waals surface area contributed by atoms with Crippen LogP contribution in [0.4, 0.5) is 0 Å². The summed E-state index contributed by atoms with van der Waals surface area (Å²) in [5.41, 5.74) is 5.78. The van der Waals surface area contributed by atoms with Crippen LogP contribution in [-0.4, -0.2) is 54.6 Å². The second kappa shape index (κ2) is 6.21. The minimum absolute atomic E-state index is 0.185. The number of nitrogens with two attached hydrogens (primary N) is 1. The molecule has 0 amide bonds. The number of hydrogen-bond donors (Lipinski definition) is 1. The molecule has 4 heteroatoms. The molecule has 2 rings (SSSR count). The largest absolute Gasteiger partial charge is 0.328 e. The van der Waals surface area contributed by atoms with Crippen molar-refractivity contribution in [3.8, 4) is 6.07 Å². The summed E-state index contributed by atoms with van der Waals surface area (Å²) in [6.45, 7) is 9.84. The Bertz CT molecular complexity index is 326. The second-order valence-electron chi connectivity index (χ2n) is 6.86. The summed E-state index contributed by atoms with van der Waals surface area (Å²) in [5, 5.41) is 9.06. The van der Waals surface area contributed by atoms with Crippen molar-refractivity contribution in [2.45, 2.75) is 51.6 Å². The molecular formula is C15H28N4. The summed E-state index contributed by atoms with van der Waals surface area (Å²) < 4.78 is 0. The van der Waals surface area contributed by atoms with Crippen LogP contribution in [0.2, 0.25) is 0 Å². The minimum Gasteiger partial charge on any atom is -0.328 e. The van der Waals surface area contributed by atoms with Gasteiger partial charge in [-0.15, -0.1) is 0 Å². The van der Waals surface area contributed by atoms with Crippen molar-refractivity contribution in [2.24, 2.45) is 11.1 Å². The topological polar surface area (TPSA) is 56.3 Å². The molecule has 0 aromatic rings. The van der Waals surface area contributed by atoms with Gasteiger partial charge in [-0.25, -0.2) is 0 Å². The molecular weight excluding hydrogens is 236 g/mol. The van der Waals surface area contributed by atoms with E-state index in [4.69, 9.17) is 11.0 Å². The van der Waals surface area contributed by atoms with Crippen LogP contribution in [0.25, 0.3) is 0 Å². The summed E-state index contributed by atoms with van der Waals surface area (Å²) >= 11 is 0. The Morgan fingerprint density at radius 2 is 1.89 bits per heavy atom. The number of piperidine rings is 1. The first kappa shape index (κ1) is 14.8. The van der Waals surface area contributed by atoms with Gasteiger partial charge in [0, 0.05) is 18.6 Å². The molecule has 0 spiro atoms. The van der Waals surface area contributed by atoms with Crippen molar-refractivity contribution < 1.29 is 0 Å². The van der Waals surface area contributed by atoms with Gasteiger partial charge in [0.25, 0.3) is 0 Å². The maximum atomic E-state index is 9.06. The highest BCUT2D eigenvalue weighted by atomic mass is 15.3. The summed E-state index contributed by atoms with van der Waals surface area (Å²) in [6.07, 6.45) is 4.55. The molecule has 1 atom stereocenters. The van der Waals surface area contributed by atoms with Crippen molar-refractivity contribution in [1.29, 1.82) is 5.26 Å². The van der Waals surface area contributed by atoms with E-state index in [0.29, 0.717) is 6.04 Å². The van der Waals surface area contributed by atoms with Crippen LogP contribution in [0, 0.1) is 16.7 Å². The second-order valence-corrected chi connectivity index (χ2v) is 6.86. The number of likely N-dealkylation sites (tertiary alicyclic amines) is 2. The SMILES string of the molecule is CC(C)(C#N)CCN1CCC(N2CCC(N)CC2)C1. The van der Waals surface area contributed by atoms with Crippen molar-refractivity contribution in [1.82, 2.24) is 9.80 Å². The molecule has 2 fully saturated rings.